The van der Waals surface area contributed by atoms with E-state index in [1.165, 1.54) is 10.8 Å². The molecule has 8 heteroatoms. The van der Waals surface area contributed by atoms with Crippen molar-refractivity contribution in [3.63, 3.8) is 0 Å². The van der Waals surface area contributed by atoms with Gasteiger partial charge in [-0.3, -0.25) is 4.79 Å². The zero-order chi connectivity index (χ0) is 14.5. The third-order valence-electron chi connectivity index (χ3n) is 3.29. The molecule has 21 heavy (non-hydrogen) atoms. The van der Waals surface area contributed by atoms with Gasteiger partial charge in [0.1, 0.15) is 6.33 Å². The SMILES string of the molecule is O=C(COc1ccc2nncn2n1)NCC1CCCCO1. The second-order valence-corrected chi connectivity index (χ2v) is 4.89. The Morgan fingerprint density at radius 2 is 2.43 bits per heavy atom. The zero-order valence-corrected chi connectivity index (χ0v) is 11.6. The van der Waals surface area contributed by atoms with Crippen LogP contribution in [0.3, 0.4) is 0 Å². The number of amides is 1. The maximum Gasteiger partial charge on any atom is 0.258 e. The fraction of sp³-hybridized carbons (Fsp3) is 0.538. The first-order valence-corrected chi connectivity index (χ1v) is 6.99. The summed E-state index contributed by atoms with van der Waals surface area (Å²) in [6, 6.07) is 3.38. The monoisotopic (exact) mass is 291 g/mol. The normalized spacial score (nSPS) is 18.6. The highest BCUT2D eigenvalue weighted by Crippen LogP contribution is 2.11. The molecular formula is C13H17N5O3. The number of nitrogens with zero attached hydrogens (tertiary/aromatic N) is 4. The minimum absolute atomic E-state index is 0.0760. The summed E-state index contributed by atoms with van der Waals surface area (Å²) in [6.45, 7) is 1.23. The van der Waals surface area contributed by atoms with Crippen molar-refractivity contribution in [1.29, 1.82) is 0 Å². The number of aromatic nitrogens is 4. The first-order chi connectivity index (χ1) is 10.3. The Balaban J connectivity index is 1.44. The minimum atomic E-state index is -0.185. The summed E-state index contributed by atoms with van der Waals surface area (Å²) in [5.41, 5.74) is 0.626. The molecule has 2 aromatic heterocycles. The predicted molar refractivity (Wildman–Crippen MR) is 72.9 cm³/mol. The van der Waals surface area contributed by atoms with Crippen molar-refractivity contribution in [2.75, 3.05) is 19.8 Å². The van der Waals surface area contributed by atoms with Gasteiger partial charge in [0.05, 0.1) is 6.10 Å². The van der Waals surface area contributed by atoms with Crippen molar-refractivity contribution < 1.29 is 14.3 Å². The van der Waals surface area contributed by atoms with Crippen LogP contribution < -0.4 is 10.1 Å². The Morgan fingerprint density at radius 3 is 3.29 bits per heavy atom. The third-order valence-corrected chi connectivity index (χ3v) is 3.29. The molecule has 1 aliphatic rings. The van der Waals surface area contributed by atoms with Gasteiger partial charge in [0.2, 0.25) is 5.88 Å². The zero-order valence-electron chi connectivity index (χ0n) is 11.6. The molecule has 1 N–H and O–H groups in total. The average molecular weight is 291 g/mol. The first kappa shape index (κ1) is 13.7. The molecule has 1 unspecified atom stereocenters. The van der Waals surface area contributed by atoms with E-state index in [0.717, 1.165) is 25.9 Å². The summed E-state index contributed by atoms with van der Waals surface area (Å²) < 4.78 is 12.4. The molecule has 1 amide bonds. The molecule has 0 bridgehead atoms. The van der Waals surface area contributed by atoms with Crippen molar-refractivity contribution in [2.45, 2.75) is 25.4 Å². The van der Waals surface area contributed by atoms with Crippen LogP contribution in [-0.4, -0.2) is 51.6 Å². The van der Waals surface area contributed by atoms with Crippen LogP contribution in [-0.2, 0) is 9.53 Å². The van der Waals surface area contributed by atoms with Gasteiger partial charge in [0.15, 0.2) is 12.3 Å². The topological polar surface area (TPSA) is 90.6 Å². The fourth-order valence-corrected chi connectivity index (χ4v) is 2.17. The average Bonchev–Trinajstić information content (AvgIpc) is 2.99. The number of fused-ring (bicyclic) bond motifs is 1. The molecule has 0 aromatic carbocycles. The van der Waals surface area contributed by atoms with Crippen molar-refractivity contribution in [3.05, 3.63) is 18.5 Å². The van der Waals surface area contributed by atoms with Gasteiger partial charge in [-0.2, -0.15) is 4.52 Å². The van der Waals surface area contributed by atoms with Crippen LogP contribution in [0.15, 0.2) is 18.5 Å². The lowest BCUT2D eigenvalue weighted by Crippen LogP contribution is -2.37. The van der Waals surface area contributed by atoms with Crippen LogP contribution in [0.5, 0.6) is 5.88 Å². The Morgan fingerprint density at radius 1 is 1.48 bits per heavy atom. The summed E-state index contributed by atoms with van der Waals surface area (Å²) in [6.07, 6.45) is 4.84. The molecule has 1 saturated heterocycles. The number of carbonyl (C=O) groups excluding carboxylic acids is 1. The molecule has 2 aromatic rings. The van der Waals surface area contributed by atoms with Gasteiger partial charge in [-0.15, -0.1) is 15.3 Å². The number of rotatable bonds is 5. The van der Waals surface area contributed by atoms with Crippen LogP contribution in [0, 0.1) is 0 Å². The van der Waals surface area contributed by atoms with E-state index in [0.29, 0.717) is 18.1 Å². The molecule has 1 fully saturated rings. The second-order valence-electron chi connectivity index (χ2n) is 4.89. The highest BCUT2D eigenvalue weighted by atomic mass is 16.5. The van der Waals surface area contributed by atoms with E-state index in [4.69, 9.17) is 9.47 Å². The minimum Gasteiger partial charge on any atom is -0.467 e. The molecule has 0 saturated carbocycles. The molecule has 1 aliphatic heterocycles. The third kappa shape index (κ3) is 3.66. The van der Waals surface area contributed by atoms with E-state index in [-0.39, 0.29) is 18.6 Å². The number of ether oxygens (including phenoxy) is 2. The summed E-state index contributed by atoms with van der Waals surface area (Å²) in [5, 5.41) is 14.5. The molecule has 0 spiro atoms. The molecule has 3 rings (SSSR count). The maximum atomic E-state index is 11.7. The van der Waals surface area contributed by atoms with E-state index < -0.39 is 0 Å². The summed E-state index contributed by atoms with van der Waals surface area (Å²) in [4.78, 5) is 11.7. The van der Waals surface area contributed by atoms with Crippen molar-refractivity contribution >= 4 is 11.6 Å². The van der Waals surface area contributed by atoms with Gasteiger partial charge in [-0.25, -0.2) is 0 Å². The Labute approximate surface area is 121 Å². The molecule has 3 heterocycles. The Hall–Kier alpha value is -2.22. The number of hydrogen-bond donors (Lipinski definition) is 1. The first-order valence-electron chi connectivity index (χ1n) is 6.99. The number of carbonyl (C=O) groups is 1. The summed E-state index contributed by atoms with van der Waals surface area (Å²) in [7, 11) is 0. The fourth-order valence-electron chi connectivity index (χ4n) is 2.17. The lowest BCUT2D eigenvalue weighted by Gasteiger charge is -2.22. The van der Waals surface area contributed by atoms with Gasteiger partial charge in [-0.1, -0.05) is 0 Å². The lowest BCUT2D eigenvalue weighted by atomic mass is 10.1. The van der Waals surface area contributed by atoms with Gasteiger partial charge >= 0.3 is 0 Å². The van der Waals surface area contributed by atoms with Crippen LogP contribution in [0.2, 0.25) is 0 Å². The number of hydrogen-bond acceptors (Lipinski definition) is 6. The van der Waals surface area contributed by atoms with Crippen LogP contribution >= 0.6 is 0 Å². The summed E-state index contributed by atoms with van der Waals surface area (Å²) >= 11 is 0. The van der Waals surface area contributed by atoms with E-state index in [9.17, 15) is 4.79 Å². The Kier molecular flexibility index (Phi) is 4.25. The van der Waals surface area contributed by atoms with E-state index in [1.807, 2.05) is 0 Å². The van der Waals surface area contributed by atoms with Crippen LogP contribution in [0.25, 0.3) is 5.65 Å². The van der Waals surface area contributed by atoms with Crippen molar-refractivity contribution in [3.8, 4) is 5.88 Å². The quantitative estimate of drug-likeness (QED) is 0.845. The Bertz CT molecular complexity index is 609. The second kappa shape index (κ2) is 6.49. The van der Waals surface area contributed by atoms with Crippen LogP contribution in [0.1, 0.15) is 19.3 Å². The smallest absolute Gasteiger partial charge is 0.258 e. The molecule has 0 radical (unpaired) electrons. The van der Waals surface area contributed by atoms with Gasteiger partial charge in [0, 0.05) is 19.2 Å². The predicted octanol–water partition coefficient (Wildman–Crippen LogP) is 0.188. The summed E-state index contributed by atoms with van der Waals surface area (Å²) in [5.74, 6) is 0.168. The lowest BCUT2D eigenvalue weighted by molar-refractivity contribution is -0.124. The highest BCUT2D eigenvalue weighted by Gasteiger charge is 2.14. The van der Waals surface area contributed by atoms with E-state index in [2.05, 4.69) is 20.6 Å². The largest absolute Gasteiger partial charge is 0.467 e. The molecule has 1 atom stereocenters. The highest BCUT2D eigenvalue weighted by molar-refractivity contribution is 5.77. The molecular weight excluding hydrogens is 274 g/mol. The maximum absolute atomic E-state index is 11.7. The number of nitrogens with one attached hydrogen (secondary N) is 1. The molecule has 112 valence electrons. The van der Waals surface area contributed by atoms with Gasteiger partial charge in [-0.05, 0) is 25.3 Å². The molecule has 8 nitrogen and oxygen atoms in total. The van der Waals surface area contributed by atoms with Crippen molar-refractivity contribution in [1.82, 2.24) is 25.1 Å². The van der Waals surface area contributed by atoms with Gasteiger partial charge < -0.3 is 14.8 Å². The van der Waals surface area contributed by atoms with Crippen LogP contribution in [0.4, 0.5) is 0 Å². The van der Waals surface area contributed by atoms with E-state index in [1.54, 1.807) is 12.1 Å². The standard InChI is InChI=1S/C13H17N5O3/c19-12(14-7-10-3-1-2-6-20-10)8-21-13-5-4-11-16-15-9-18(11)17-13/h4-5,9-10H,1-3,6-8H2,(H,14,19). The van der Waals surface area contributed by atoms with Gasteiger partial charge in [0.25, 0.3) is 5.91 Å². The van der Waals surface area contributed by atoms with E-state index >= 15 is 0 Å². The van der Waals surface area contributed by atoms with Crippen molar-refractivity contribution in [2.24, 2.45) is 0 Å². The molecule has 0 aliphatic carbocycles.